The second-order valence-electron chi connectivity index (χ2n) is 7.36. The van der Waals surface area contributed by atoms with Crippen molar-refractivity contribution in [3.8, 4) is 0 Å². The molecular formula is C21H26O4. The molecule has 0 saturated heterocycles. The highest BCUT2D eigenvalue weighted by molar-refractivity contribution is 6.26. The lowest BCUT2D eigenvalue weighted by atomic mass is 9.64. The summed E-state index contributed by atoms with van der Waals surface area (Å²) in [6, 6.07) is 7.37. The first kappa shape index (κ1) is 17.7. The van der Waals surface area contributed by atoms with Crippen LogP contribution in [0, 0.1) is 5.92 Å². The van der Waals surface area contributed by atoms with Crippen LogP contribution in [0.5, 0.6) is 0 Å². The fourth-order valence-corrected chi connectivity index (χ4v) is 4.38. The molecule has 1 fully saturated rings. The van der Waals surface area contributed by atoms with Gasteiger partial charge in [0.15, 0.2) is 5.78 Å². The van der Waals surface area contributed by atoms with Gasteiger partial charge in [-0.05, 0) is 31.7 Å². The zero-order chi connectivity index (χ0) is 18.0. The first-order valence-corrected chi connectivity index (χ1v) is 9.24. The molecule has 0 amide bonds. The molecule has 3 rings (SSSR count). The first-order chi connectivity index (χ1) is 12.0. The van der Waals surface area contributed by atoms with Gasteiger partial charge >= 0.3 is 5.97 Å². The quantitative estimate of drug-likeness (QED) is 0.653. The van der Waals surface area contributed by atoms with Crippen molar-refractivity contribution < 1.29 is 19.4 Å². The van der Waals surface area contributed by atoms with Crippen molar-refractivity contribution in [2.75, 3.05) is 6.61 Å². The van der Waals surface area contributed by atoms with Crippen molar-refractivity contribution in [3.63, 3.8) is 0 Å². The van der Waals surface area contributed by atoms with Crippen LogP contribution in [0.3, 0.4) is 0 Å². The molecule has 4 heteroatoms. The van der Waals surface area contributed by atoms with E-state index in [9.17, 15) is 14.7 Å². The second-order valence-corrected chi connectivity index (χ2v) is 7.36. The van der Waals surface area contributed by atoms with Crippen molar-refractivity contribution in [1.82, 2.24) is 0 Å². The van der Waals surface area contributed by atoms with Crippen LogP contribution in [0.4, 0.5) is 0 Å². The summed E-state index contributed by atoms with van der Waals surface area (Å²) in [4.78, 5) is 25.6. The van der Waals surface area contributed by atoms with Crippen LogP contribution >= 0.6 is 0 Å². The van der Waals surface area contributed by atoms with Crippen LogP contribution in [0.2, 0.25) is 0 Å². The number of carbonyl (C=O) groups is 2. The van der Waals surface area contributed by atoms with E-state index >= 15 is 0 Å². The Bertz CT molecular complexity index is 712. The summed E-state index contributed by atoms with van der Waals surface area (Å²) in [7, 11) is 0. The predicted octanol–water partition coefficient (Wildman–Crippen LogP) is 4.33. The lowest BCUT2D eigenvalue weighted by molar-refractivity contribution is -0.141. The number of aliphatic hydroxyl groups excluding tert-OH is 1. The van der Waals surface area contributed by atoms with Crippen LogP contribution in [0.15, 0.2) is 29.8 Å². The van der Waals surface area contributed by atoms with E-state index in [2.05, 4.69) is 0 Å². The topological polar surface area (TPSA) is 63.6 Å². The molecule has 134 valence electrons. The van der Waals surface area contributed by atoms with Gasteiger partial charge in [0.05, 0.1) is 12.0 Å². The van der Waals surface area contributed by atoms with E-state index in [1.54, 1.807) is 13.0 Å². The Morgan fingerprint density at radius 1 is 1.24 bits per heavy atom. The maximum Gasteiger partial charge on any atom is 0.345 e. The SMILES string of the molecule is CCOC(=O)C1=C(O)c2ccccc2C(C)(CC2CCCCC2)C1=O. The fraction of sp³-hybridized carbons (Fsp3) is 0.524. The highest BCUT2D eigenvalue weighted by Gasteiger charge is 2.47. The normalized spacial score (nSPS) is 24.2. The van der Waals surface area contributed by atoms with E-state index < -0.39 is 11.4 Å². The monoisotopic (exact) mass is 342 g/mol. The molecule has 1 aromatic rings. The predicted molar refractivity (Wildman–Crippen MR) is 96.2 cm³/mol. The molecule has 4 nitrogen and oxygen atoms in total. The summed E-state index contributed by atoms with van der Waals surface area (Å²) in [6.07, 6.45) is 6.60. The van der Waals surface area contributed by atoms with Crippen molar-refractivity contribution in [2.24, 2.45) is 5.92 Å². The number of ether oxygens (including phenoxy) is 1. The van der Waals surface area contributed by atoms with E-state index in [0.717, 1.165) is 18.4 Å². The third-order valence-corrected chi connectivity index (χ3v) is 5.64. The molecule has 1 N–H and O–H groups in total. The van der Waals surface area contributed by atoms with Gasteiger partial charge in [-0.15, -0.1) is 0 Å². The van der Waals surface area contributed by atoms with Crippen LogP contribution in [0.25, 0.3) is 5.76 Å². The number of Topliss-reactive ketones (excluding diaryl/α,β-unsaturated/α-hetero) is 1. The highest BCUT2D eigenvalue weighted by Crippen LogP contribution is 2.45. The molecule has 0 radical (unpaired) electrons. The van der Waals surface area contributed by atoms with Gasteiger partial charge in [0, 0.05) is 5.56 Å². The second kappa shape index (κ2) is 7.03. The van der Waals surface area contributed by atoms with Crippen LogP contribution in [0.1, 0.15) is 63.5 Å². The zero-order valence-electron chi connectivity index (χ0n) is 15.0. The highest BCUT2D eigenvalue weighted by atomic mass is 16.5. The summed E-state index contributed by atoms with van der Waals surface area (Å²) < 4.78 is 5.04. The molecule has 0 aromatic heterocycles. The number of ketones is 1. The smallest absolute Gasteiger partial charge is 0.345 e. The number of esters is 1. The average molecular weight is 342 g/mol. The number of hydrogen-bond donors (Lipinski definition) is 1. The number of benzene rings is 1. The number of hydrogen-bond acceptors (Lipinski definition) is 4. The molecule has 1 unspecified atom stereocenters. The Kier molecular flexibility index (Phi) is 4.98. The molecule has 2 aliphatic carbocycles. The first-order valence-electron chi connectivity index (χ1n) is 9.24. The maximum absolute atomic E-state index is 13.3. The van der Waals surface area contributed by atoms with Crippen LogP contribution in [-0.4, -0.2) is 23.5 Å². The van der Waals surface area contributed by atoms with E-state index in [1.165, 1.54) is 19.3 Å². The third-order valence-electron chi connectivity index (χ3n) is 5.64. The fourth-order valence-electron chi connectivity index (χ4n) is 4.38. The van der Waals surface area contributed by atoms with Gasteiger partial charge in [-0.3, -0.25) is 4.79 Å². The molecule has 0 aliphatic heterocycles. The van der Waals surface area contributed by atoms with Crippen molar-refractivity contribution in [1.29, 1.82) is 0 Å². The van der Waals surface area contributed by atoms with Crippen LogP contribution < -0.4 is 0 Å². The van der Waals surface area contributed by atoms with E-state index in [1.807, 2.05) is 25.1 Å². The summed E-state index contributed by atoms with van der Waals surface area (Å²) in [5.41, 5.74) is 0.394. The Balaban J connectivity index is 2.06. The number of rotatable bonds is 4. The van der Waals surface area contributed by atoms with Gasteiger partial charge < -0.3 is 9.84 Å². The number of aliphatic hydroxyl groups is 1. The molecule has 1 aromatic carbocycles. The Labute approximate surface area is 148 Å². The number of fused-ring (bicyclic) bond motifs is 1. The molecule has 1 atom stereocenters. The molecule has 2 aliphatic rings. The van der Waals surface area contributed by atoms with Gasteiger partial charge in [0.25, 0.3) is 0 Å². The van der Waals surface area contributed by atoms with Gasteiger partial charge in [-0.25, -0.2) is 4.79 Å². The maximum atomic E-state index is 13.3. The van der Waals surface area contributed by atoms with Crippen molar-refractivity contribution in [2.45, 2.75) is 57.8 Å². The minimum atomic E-state index is -0.799. The van der Waals surface area contributed by atoms with Gasteiger partial charge in [-0.1, -0.05) is 56.4 Å². The Morgan fingerprint density at radius 2 is 1.92 bits per heavy atom. The van der Waals surface area contributed by atoms with Crippen molar-refractivity contribution >= 4 is 17.5 Å². The molecule has 0 bridgehead atoms. The molecule has 1 saturated carbocycles. The minimum Gasteiger partial charge on any atom is -0.506 e. The molecule has 0 heterocycles. The molecule has 25 heavy (non-hydrogen) atoms. The summed E-state index contributed by atoms with van der Waals surface area (Å²) in [5, 5.41) is 10.6. The van der Waals surface area contributed by atoms with Gasteiger partial charge in [-0.2, -0.15) is 0 Å². The third kappa shape index (κ3) is 3.10. The zero-order valence-corrected chi connectivity index (χ0v) is 15.0. The summed E-state index contributed by atoms with van der Waals surface area (Å²) in [6.45, 7) is 3.77. The molecule has 0 spiro atoms. The molecular weight excluding hydrogens is 316 g/mol. The summed E-state index contributed by atoms with van der Waals surface area (Å²) in [5.74, 6) is -0.818. The van der Waals surface area contributed by atoms with Gasteiger partial charge in [0.2, 0.25) is 0 Å². The van der Waals surface area contributed by atoms with E-state index in [4.69, 9.17) is 4.74 Å². The van der Waals surface area contributed by atoms with E-state index in [0.29, 0.717) is 17.9 Å². The van der Waals surface area contributed by atoms with Gasteiger partial charge in [0.1, 0.15) is 11.3 Å². The number of carbonyl (C=O) groups excluding carboxylic acids is 2. The lowest BCUT2D eigenvalue weighted by Gasteiger charge is -2.38. The average Bonchev–Trinajstić information content (AvgIpc) is 2.62. The lowest BCUT2D eigenvalue weighted by Crippen LogP contribution is -2.42. The van der Waals surface area contributed by atoms with Crippen molar-refractivity contribution in [3.05, 3.63) is 41.0 Å². The Hall–Kier alpha value is -2.10. The van der Waals surface area contributed by atoms with Crippen LogP contribution in [-0.2, 0) is 19.7 Å². The largest absolute Gasteiger partial charge is 0.506 e. The standard InChI is InChI=1S/C21H26O4/c1-3-25-20(24)17-18(22)15-11-7-8-12-16(15)21(2,19(17)23)13-14-9-5-4-6-10-14/h7-8,11-12,14,22H,3-6,9-10,13H2,1-2H3. The summed E-state index contributed by atoms with van der Waals surface area (Å²) >= 11 is 0. The Morgan fingerprint density at radius 3 is 2.60 bits per heavy atom. The van der Waals surface area contributed by atoms with E-state index in [-0.39, 0.29) is 23.7 Å². The minimum absolute atomic E-state index is 0.171.